The highest BCUT2D eigenvalue weighted by molar-refractivity contribution is 7.93. The van der Waals surface area contributed by atoms with E-state index in [0.29, 0.717) is 28.8 Å². The van der Waals surface area contributed by atoms with Crippen LogP contribution in [0.1, 0.15) is 23.6 Å². The third kappa shape index (κ3) is 4.41. The van der Waals surface area contributed by atoms with Crippen LogP contribution in [-0.2, 0) is 16.4 Å². The Morgan fingerprint density at radius 2 is 1.84 bits per heavy atom. The number of rotatable bonds is 5. The highest BCUT2D eigenvalue weighted by atomic mass is 32.2. The van der Waals surface area contributed by atoms with E-state index in [2.05, 4.69) is 31.8 Å². The van der Waals surface area contributed by atoms with Gasteiger partial charge in [-0.3, -0.25) is 14.7 Å². The molecule has 0 aliphatic carbocycles. The van der Waals surface area contributed by atoms with E-state index in [0.717, 1.165) is 16.6 Å². The number of para-hydroxylation sites is 1. The fourth-order valence-corrected chi connectivity index (χ4v) is 4.95. The predicted octanol–water partition coefficient (Wildman–Crippen LogP) is 4.43. The van der Waals surface area contributed by atoms with Crippen molar-refractivity contribution >= 4 is 32.3 Å². The first kappa shape index (κ1) is 21.3. The van der Waals surface area contributed by atoms with Gasteiger partial charge in [0.15, 0.2) is 0 Å². The Morgan fingerprint density at radius 1 is 1.00 bits per heavy atom. The molecule has 2 heterocycles. The lowest BCUT2D eigenvalue weighted by Gasteiger charge is -2.14. The number of hydrogen-bond acceptors (Lipinski definition) is 5. The molecule has 0 atom stereocenters. The lowest BCUT2D eigenvalue weighted by molar-refractivity contribution is 0.601. The van der Waals surface area contributed by atoms with E-state index in [4.69, 9.17) is 0 Å². The van der Waals surface area contributed by atoms with Gasteiger partial charge in [-0.1, -0.05) is 49.1 Å². The van der Waals surface area contributed by atoms with E-state index < -0.39 is 10.0 Å². The maximum Gasteiger partial charge on any atom is 0.264 e. The minimum atomic E-state index is -3.90. The summed E-state index contributed by atoms with van der Waals surface area (Å²) >= 11 is 0. The van der Waals surface area contributed by atoms with Crippen LogP contribution in [0.15, 0.2) is 78.1 Å². The van der Waals surface area contributed by atoms with Gasteiger partial charge in [0.25, 0.3) is 10.0 Å². The number of anilines is 2. The molecule has 7 heteroatoms. The average molecular weight is 443 g/mol. The van der Waals surface area contributed by atoms with Crippen LogP contribution in [0.25, 0.3) is 10.9 Å². The van der Waals surface area contributed by atoms with E-state index in [9.17, 15) is 8.42 Å². The van der Waals surface area contributed by atoms with Gasteiger partial charge in [-0.15, -0.1) is 0 Å². The molecule has 0 aliphatic heterocycles. The number of hydrogen-bond donors (Lipinski definition) is 2. The smallest absolute Gasteiger partial charge is 0.264 e. The van der Waals surface area contributed by atoms with Crippen LogP contribution in [0, 0.1) is 11.8 Å². The molecule has 160 valence electrons. The van der Waals surface area contributed by atoms with Gasteiger partial charge in [-0.05, 0) is 36.2 Å². The van der Waals surface area contributed by atoms with Crippen molar-refractivity contribution in [3.63, 3.8) is 0 Å². The number of benzene rings is 2. The number of nitrogens with zero attached hydrogens (tertiary/aromatic N) is 2. The summed E-state index contributed by atoms with van der Waals surface area (Å²) in [5, 5.41) is 3.80. The Kier molecular flexibility index (Phi) is 6.06. The van der Waals surface area contributed by atoms with Gasteiger partial charge in [0.2, 0.25) is 0 Å². The van der Waals surface area contributed by atoms with Crippen LogP contribution in [0.3, 0.4) is 0 Å². The molecule has 32 heavy (non-hydrogen) atoms. The maximum atomic E-state index is 13.5. The molecule has 0 bridgehead atoms. The van der Waals surface area contributed by atoms with Crippen LogP contribution in [-0.4, -0.2) is 25.4 Å². The Bertz CT molecular complexity index is 1450. The molecule has 6 nitrogen and oxygen atoms in total. The summed E-state index contributed by atoms with van der Waals surface area (Å²) in [5.41, 5.74) is 3.72. The molecular weight excluding hydrogens is 420 g/mol. The monoisotopic (exact) mass is 442 g/mol. The zero-order valence-corrected chi connectivity index (χ0v) is 18.6. The topological polar surface area (TPSA) is 84.0 Å². The molecule has 4 aromatic rings. The summed E-state index contributed by atoms with van der Waals surface area (Å²) in [6.07, 6.45) is 5.54. The average Bonchev–Trinajstić information content (AvgIpc) is 2.82. The van der Waals surface area contributed by atoms with Crippen molar-refractivity contribution in [2.24, 2.45) is 0 Å². The molecule has 0 saturated heterocycles. The Labute approximate surface area is 187 Å². The van der Waals surface area contributed by atoms with Gasteiger partial charge in [0.1, 0.15) is 4.90 Å². The zero-order valence-electron chi connectivity index (χ0n) is 17.8. The first-order valence-corrected chi connectivity index (χ1v) is 11.6. The summed E-state index contributed by atoms with van der Waals surface area (Å²) in [7, 11) is -2.09. The molecule has 0 unspecified atom stereocenters. The number of pyridine rings is 2. The zero-order chi connectivity index (χ0) is 22.6. The number of aryl methyl sites for hydroxylation is 1. The summed E-state index contributed by atoms with van der Waals surface area (Å²) in [6.45, 7) is 1.93. The minimum Gasteiger partial charge on any atom is -0.387 e. The first-order valence-electron chi connectivity index (χ1n) is 10.1. The molecule has 4 rings (SSSR count). The predicted molar refractivity (Wildman–Crippen MR) is 128 cm³/mol. The van der Waals surface area contributed by atoms with Crippen LogP contribution in [0.5, 0.6) is 0 Å². The molecule has 0 saturated carbocycles. The fraction of sp³-hybridized carbons (Fsp3) is 0.120. The summed E-state index contributed by atoms with van der Waals surface area (Å²) in [6, 6.07) is 16.3. The number of fused-ring (bicyclic) bond motifs is 1. The highest BCUT2D eigenvalue weighted by Gasteiger charge is 2.23. The van der Waals surface area contributed by atoms with Crippen molar-refractivity contribution in [2.75, 3.05) is 17.1 Å². The van der Waals surface area contributed by atoms with Crippen molar-refractivity contribution in [1.29, 1.82) is 0 Å². The summed E-state index contributed by atoms with van der Waals surface area (Å²) in [4.78, 5) is 8.71. The molecule has 0 aliphatic rings. The quantitative estimate of drug-likeness (QED) is 0.447. The normalized spacial score (nSPS) is 10.9. The Hall–Kier alpha value is -3.89. The van der Waals surface area contributed by atoms with Gasteiger partial charge >= 0.3 is 0 Å². The largest absolute Gasteiger partial charge is 0.387 e. The van der Waals surface area contributed by atoms with Gasteiger partial charge in [0, 0.05) is 36.0 Å². The van der Waals surface area contributed by atoms with Crippen molar-refractivity contribution in [3.05, 3.63) is 89.9 Å². The van der Waals surface area contributed by atoms with Crippen molar-refractivity contribution in [3.8, 4) is 11.8 Å². The lowest BCUT2D eigenvalue weighted by Crippen LogP contribution is -2.16. The van der Waals surface area contributed by atoms with E-state index in [1.54, 1.807) is 42.9 Å². The molecule has 2 N–H and O–H groups in total. The maximum absolute atomic E-state index is 13.5. The lowest BCUT2D eigenvalue weighted by atomic mass is 10.1. The van der Waals surface area contributed by atoms with Gasteiger partial charge in [-0.25, -0.2) is 8.42 Å². The second-order valence-corrected chi connectivity index (χ2v) is 8.72. The molecule has 0 spiro atoms. The molecule has 0 amide bonds. The number of nitrogens with one attached hydrogen (secondary N) is 2. The highest BCUT2D eigenvalue weighted by Crippen LogP contribution is 2.28. The molecular formula is C25H22N4O2S. The van der Waals surface area contributed by atoms with Crippen molar-refractivity contribution in [1.82, 2.24) is 9.97 Å². The first-order chi connectivity index (χ1) is 15.5. The van der Waals surface area contributed by atoms with Gasteiger partial charge in [-0.2, -0.15) is 0 Å². The van der Waals surface area contributed by atoms with Gasteiger partial charge in [0.05, 0.1) is 23.1 Å². The molecule has 0 fully saturated rings. The Morgan fingerprint density at radius 3 is 2.66 bits per heavy atom. The minimum absolute atomic E-state index is 0.201. The third-order valence-electron chi connectivity index (χ3n) is 5.00. The van der Waals surface area contributed by atoms with Crippen LogP contribution in [0.4, 0.5) is 11.4 Å². The van der Waals surface area contributed by atoms with E-state index in [1.165, 1.54) is 0 Å². The number of aromatic nitrogens is 2. The third-order valence-corrected chi connectivity index (χ3v) is 6.48. The standard InChI is InChI=1S/C25H22N4O2S/c1-3-19-12-13-21-8-6-14-28-24(21)25(19)32(30,31)29-23-9-5-4-7-20(23)11-10-18-15-22(26-2)17-27-16-18/h4-9,12-17,26,29H,3H2,1-2H3. The Balaban J connectivity index is 1.75. The molecule has 2 aromatic heterocycles. The van der Waals surface area contributed by atoms with Crippen molar-refractivity contribution < 1.29 is 8.42 Å². The van der Waals surface area contributed by atoms with Crippen molar-refractivity contribution in [2.45, 2.75) is 18.2 Å². The van der Waals surface area contributed by atoms with Crippen LogP contribution in [0.2, 0.25) is 0 Å². The van der Waals surface area contributed by atoms with Crippen LogP contribution >= 0.6 is 0 Å². The van der Waals surface area contributed by atoms with Gasteiger partial charge < -0.3 is 5.32 Å². The number of sulfonamides is 1. The summed E-state index contributed by atoms with van der Waals surface area (Å²) < 4.78 is 29.7. The van der Waals surface area contributed by atoms with E-state index in [-0.39, 0.29) is 4.90 Å². The fourth-order valence-electron chi connectivity index (χ4n) is 3.40. The summed E-state index contributed by atoms with van der Waals surface area (Å²) in [5.74, 6) is 6.11. The van der Waals surface area contributed by atoms with E-state index in [1.807, 2.05) is 44.3 Å². The molecule has 2 aromatic carbocycles. The van der Waals surface area contributed by atoms with Crippen LogP contribution < -0.4 is 10.0 Å². The van der Waals surface area contributed by atoms with E-state index >= 15 is 0 Å². The molecule has 0 radical (unpaired) electrons. The second-order valence-electron chi connectivity index (χ2n) is 7.10. The SMILES string of the molecule is CCc1ccc2cccnc2c1S(=O)(=O)Nc1ccccc1C#Cc1cncc(NC)c1. The second kappa shape index (κ2) is 9.08.